The van der Waals surface area contributed by atoms with E-state index in [4.69, 9.17) is 5.26 Å². The molecule has 0 fully saturated rings. The van der Waals surface area contributed by atoms with E-state index in [-0.39, 0.29) is 11.3 Å². The smallest absolute Gasteiger partial charge is 0.258 e. The minimum absolute atomic E-state index is 0.125. The Labute approximate surface area is 75.6 Å². The van der Waals surface area contributed by atoms with Crippen LogP contribution in [0.4, 0.5) is 5.69 Å². The number of nitrogens with zero attached hydrogens (tertiary/aromatic N) is 2. The van der Waals surface area contributed by atoms with E-state index in [1.807, 2.05) is 13.0 Å². The van der Waals surface area contributed by atoms with Crippen molar-refractivity contribution in [1.82, 2.24) is 0 Å². The predicted molar refractivity (Wildman–Crippen MR) is 47.2 cm³/mol. The quantitative estimate of drug-likeness (QED) is 0.511. The molecule has 0 aromatic heterocycles. The Bertz CT molecular complexity index is 380. The summed E-state index contributed by atoms with van der Waals surface area (Å²) in [6.45, 7) is 1.93. The second kappa shape index (κ2) is 3.68. The molecule has 1 aromatic rings. The van der Waals surface area contributed by atoms with Crippen molar-refractivity contribution in [3.05, 3.63) is 39.4 Å². The van der Waals surface area contributed by atoms with Gasteiger partial charge in [0.2, 0.25) is 0 Å². The lowest BCUT2D eigenvalue weighted by molar-refractivity contribution is -0.385. The van der Waals surface area contributed by atoms with Crippen molar-refractivity contribution in [3.8, 4) is 6.07 Å². The van der Waals surface area contributed by atoms with Crippen LogP contribution in [0.5, 0.6) is 0 Å². The topological polar surface area (TPSA) is 66.9 Å². The Balaban J connectivity index is 3.26. The summed E-state index contributed by atoms with van der Waals surface area (Å²) in [5, 5.41) is 19.1. The van der Waals surface area contributed by atoms with Gasteiger partial charge in [0, 0.05) is 6.07 Å². The molecule has 66 valence electrons. The van der Waals surface area contributed by atoms with Crippen molar-refractivity contribution < 1.29 is 4.92 Å². The van der Waals surface area contributed by atoms with Gasteiger partial charge in [0.1, 0.15) is 11.6 Å². The number of rotatable bonds is 2. The summed E-state index contributed by atoms with van der Waals surface area (Å²) in [6.07, 6.45) is 0.771. The first kappa shape index (κ1) is 9.20. The molecule has 0 aliphatic heterocycles. The number of aryl methyl sites for hydroxylation is 1. The van der Waals surface area contributed by atoms with Crippen molar-refractivity contribution >= 4 is 5.69 Å². The molecular formula is C9H8N2O2. The summed E-state index contributed by atoms with van der Waals surface area (Å²) >= 11 is 0. The van der Waals surface area contributed by atoms with Crippen LogP contribution in [0.15, 0.2) is 18.2 Å². The lowest BCUT2D eigenvalue weighted by Gasteiger charge is -1.97. The van der Waals surface area contributed by atoms with Crippen molar-refractivity contribution in [2.24, 2.45) is 0 Å². The predicted octanol–water partition coefficient (Wildman–Crippen LogP) is 2.03. The van der Waals surface area contributed by atoms with E-state index in [1.54, 1.807) is 12.1 Å². The van der Waals surface area contributed by atoms with E-state index in [2.05, 4.69) is 0 Å². The molecule has 0 saturated carbocycles. The Kier molecular flexibility index (Phi) is 2.60. The van der Waals surface area contributed by atoms with Crippen molar-refractivity contribution in [3.63, 3.8) is 0 Å². The fourth-order valence-electron chi connectivity index (χ4n) is 1.05. The Morgan fingerprint density at radius 1 is 1.62 bits per heavy atom. The summed E-state index contributed by atoms with van der Waals surface area (Å²) in [6, 6.07) is 6.40. The van der Waals surface area contributed by atoms with Crippen LogP contribution in [0.3, 0.4) is 0 Å². The third-order valence-electron chi connectivity index (χ3n) is 1.79. The molecule has 4 heteroatoms. The zero-order valence-corrected chi connectivity index (χ0v) is 7.15. The number of hydrogen-bond acceptors (Lipinski definition) is 3. The number of nitriles is 1. The molecule has 0 aliphatic carbocycles. The van der Waals surface area contributed by atoms with Gasteiger partial charge in [-0.1, -0.05) is 13.0 Å². The van der Waals surface area contributed by atoms with Crippen LogP contribution in [0.1, 0.15) is 18.1 Å². The second-order valence-electron chi connectivity index (χ2n) is 2.57. The maximum Gasteiger partial charge on any atom is 0.287 e. The molecule has 0 unspecified atom stereocenters. The molecule has 0 amide bonds. The number of nitro groups is 1. The number of benzene rings is 1. The molecule has 0 bridgehead atoms. The molecule has 13 heavy (non-hydrogen) atoms. The third-order valence-corrected chi connectivity index (χ3v) is 1.79. The fraction of sp³-hybridized carbons (Fsp3) is 0.222. The van der Waals surface area contributed by atoms with Gasteiger partial charge < -0.3 is 0 Å². The van der Waals surface area contributed by atoms with Gasteiger partial charge in [0.05, 0.1) is 4.92 Å². The Hall–Kier alpha value is -1.89. The van der Waals surface area contributed by atoms with Crippen molar-refractivity contribution in [1.29, 1.82) is 5.26 Å². The summed E-state index contributed by atoms with van der Waals surface area (Å²) in [7, 11) is 0. The van der Waals surface area contributed by atoms with E-state index in [0.29, 0.717) is 0 Å². The first-order valence-corrected chi connectivity index (χ1v) is 3.86. The highest BCUT2D eigenvalue weighted by atomic mass is 16.6. The van der Waals surface area contributed by atoms with Crippen LogP contribution < -0.4 is 0 Å². The second-order valence-corrected chi connectivity index (χ2v) is 2.57. The minimum Gasteiger partial charge on any atom is -0.258 e. The minimum atomic E-state index is -0.544. The van der Waals surface area contributed by atoms with Gasteiger partial charge in [-0.25, -0.2) is 0 Å². The molecule has 0 saturated heterocycles. The molecule has 0 aliphatic rings. The molecule has 0 N–H and O–H groups in total. The standard InChI is InChI=1S/C9H8N2O2/c1-2-7-3-4-9(11(12)13)8(5-7)6-10/h3-5H,2H2,1H3. The zero-order valence-electron chi connectivity index (χ0n) is 7.15. The van der Waals surface area contributed by atoms with Crippen LogP contribution in [0.25, 0.3) is 0 Å². The first-order valence-electron chi connectivity index (χ1n) is 3.86. The molecule has 0 spiro atoms. The number of nitro benzene ring substituents is 1. The van der Waals surface area contributed by atoms with E-state index >= 15 is 0 Å². The molecule has 1 rings (SSSR count). The van der Waals surface area contributed by atoms with Gasteiger partial charge in [-0.2, -0.15) is 5.26 Å². The van der Waals surface area contributed by atoms with Crippen molar-refractivity contribution in [2.75, 3.05) is 0 Å². The van der Waals surface area contributed by atoms with Gasteiger partial charge in [-0.15, -0.1) is 0 Å². The van der Waals surface area contributed by atoms with Crippen molar-refractivity contribution in [2.45, 2.75) is 13.3 Å². The van der Waals surface area contributed by atoms with Crippen LogP contribution in [-0.2, 0) is 6.42 Å². The normalized spacial score (nSPS) is 9.23. The van der Waals surface area contributed by atoms with E-state index < -0.39 is 4.92 Å². The van der Waals surface area contributed by atoms with Crippen LogP contribution in [0, 0.1) is 21.4 Å². The maximum absolute atomic E-state index is 10.4. The summed E-state index contributed by atoms with van der Waals surface area (Å²) in [4.78, 5) is 9.89. The maximum atomic E-state index is 10.4. The number of hydrogen-bond donors (Lipinski definition) is 0. The first-order chi connectivity index (χ1) is 6.19. The van der Waals surface area contributed by atoms with E-state index in [9.17, 15) is 10.1 Å². The van der Waals surface area contributed by atoms with Gasteiger partial charge >= 0.3 is 0 Å². The highest BCUT2D eigenvalue weighted by molar-refractivity contribution is 5.50. The zero-order chi connectivity index (χ0) is 9.84. The average molecular weight is 176 g/mol. The molecule has 0 heterocycles. The van der Waals surface area contributed by atoms with E-state index in [1.165, 1.54) is 6.07 Å². The van der Waals surface area contributed by atoms with Gasteiger partial charge in [-0.05, 0) is 18.1 Å². The third kappa shape index (κ3) is 1.82. The Morgan fingerprint density at radius 2 is 2.31 bits per heavy atom. The molecule has 4 nitrogen and oxygen atoms in total. The SMILES string of the molecule is CCc1ccc([N+](=O)[O-])c(C#N)c1. The Morgan fingerprint density at radius 3 is 2.77 bits per heavy atom. The lowest BCUT2D eigenvalue weighted by Crippen LogP contribution is -1.93. The van der Waals surface area contributed by atoms with Gasteiger partial charge in [0.25, 0.3) is 5.69 Å². The van der Waals surface area contributed by atoms with Crippen LogP contribution in [0.2, 0.25) is 0 Å². The average Bonchev–Trinajstić information content (AvgIpc) is 2.16. The lowest BCUT2D eigenvalue weighted by atomic mass is 10.1. The molecule has 0 radical (unpaired) electrons. The summed E-state index contributed by atoms with van der Waals surface area (Å²) in [5.74, 6) is 0. The highest BCUT2D eigenvalue weighted by Crippen LogP contribution is 2.18. The molecular weight excluding hydrogens is 168 g/mol. The van der Waals surface area contributed by atoms with E-state index in [0.717, 1.165) is 12.0 Å². The van der Waals surface area contributed by atoms with Gasteiger partial charge in [-0.3, -0.25) is 10.1 Å². The van der Waals surface area contributed by atoms with Crippen LogP contribution >= 0.6 is 0 Å². The highest BCUT2D eigenvalue weighted by Gasteiger charge is 2.12. The largest absolute Gasteiger partial charge is 0.287 e. The van der Waals surface area contributed by atoms with Crippen LogP contribution in [-0.4, -0.2) is 4.92 Å². The molecule has 1 aromatic carbocycles. The summed E-state index contributed by atoms with van der Waals surface area (Å²) < 4.78 is 0. The fourth-order valence-corrected chi connectivity index (χ4v) is 1.05. The summed E-state index contributed by atoms with van der Waals surface area (Å²) in [5.41, 5.74) is 0.936. The monoisotopic (exact) mass is 176 g/mol. The van der Waals surface area contributed by atoms with Gasteiger partial charge in [0.15, 0.2) is 0 Å². The molecule has 0 atom stereocenters.